The van der Waals surface area contributed by atoms with E-state index >= 15 is 0 Å². The van der Waals surface area contributed by atoms with Gasteiger partial charge in [-0.15, -0.1) is 10.2 Å². The van der Waals surface area contributed by atoms with Gasteiger partial charge in [-0.25, -0.2) is 8.42 Å². The molecule has 8 nitrogen and oxygen atoms in total. The molecule has 2 atom stereocenters. The highest BCUT2D eigenvalue weighted by Gasteiger charge is 2.31. The summed E-state index contributed by atoms with van der Waals surface area (Å²) in [7, 11) is -4.03. The standard InChI is InChI=1S/C24H25N5O3S2/c1-4-16(3)20(29-34(31,32)19-12-6-9-17-11-7-13-25-21(17)19)22(30)26-24-28-27-23(33-24)18-10-5-8-15(2)14-18/h5-14,16,20,29H,4H2,1-3H3,(H,26,28,30). The van der Waals surface area contributed by atoms with Crippen LogP contribution in [0.5, 0.6) is 0 Å². The molecule has 2 unspecified atom stereocenters. The highest BCUT2D eigenvalue weighted by molar-refractivity contribution is 7.89. The second-order valence-electron chi connectivity index (χ2n) is 8.09. The van der Waals surface area contributed by atoms with Crippen molar-refractivity contribution >= 4 is 43.3 Å². The van der Waals surface area contributed by atoms with Crippen LogP contribution < -0.4 is 10.0 Å². The molecular weight excluding hydrogens is 470 g/mol. The maximum atomic E-state index is 13.3. The third-order valence-electron chi connectivity index (χ3n) is 5.58. The Kier molecular flexibility index (Phi) is 7.01. The van der Waals surface area contributed by atoms with E-state index in [4.69, 9.17) is 0 Å². The van der Waals surface area contributed by atoms with Crippen LogP contribution in [-0.4, -0.2) is 35.5 Å². The van der Waals surface area contributed by atoms with Crippen molar-refractivity contribution in [2.45, 2.75) is 38.1 Å². The van der Waals surface area contributed by atoms with Gasteiger partial charge in [0.2, 0.25) is 21.1 Å². The average molecular weight is 496 g/mol. The minimum Gasteiger partial charge on any atom is -0.299 e. The molecular formula is C24H25N5O3S2. The van der Waals surface area contributed by atoms with Gasteiger partial charge < -0.3 is 0 Å². The Labute approximate surface area is 202 Å². The second-order valence-corrected chi connectivity index (χ2v) is 10.7. The zero-order valence-electron chi connectivity index (χ0n) is 19.0. The molecule has 0 aliphatic heterocycles. The Morgan fingerprint density at radius 3 is 2.62 bits per heavy atom. The predicted molar refractivity (Wildman–Crippen MR) is 134 cm³/mol. The number of sulfonamides is 1. The zero-order valence-corrected chi connectivity index (χ0v) is 20.7. The number of aromatic nitrogens is 3. The topological polar surface area (TPSA) is 114 Å². The van der Waals surface area contributed by atoms with Crippen LogP contribution in [0.25, 0.3) is 21.5 Å². The minimum absolute atomic E-state index is 0.0318. The van der Waals surface area contributed by atoms with Gasteiger partial charge >= 0.3 is 0 Å². The fourth-order valence-electron chi connectivity index (χ4n) is 3.54. The van der Waals surface area contributed by atoms with Gasteiger partial charge in [0.15, 0.2) is 0 Å². The van der Waals surface area contributed by atoms with Crippen molar-refractivity contribution in [3.8, 4) is 10.6 Å². The fraction of sp³-hybridized carbons (Fsp3) is 0.250. The summed E-state index contributed by atoms with van der Waals surface area (Å²) in [6, 6.07) is 15.3. The van der Waals surface area contributed by atoms with E-state index in [2.05, 4.69) is 25.2 Å². The molecule has 0 aliphatic carbocycles. The number of hydrogen-bond donors (Lipinski definition) is 2. The summed E-state index contributed by atoms with van der Waals surface area (Å²) in [5.41, 5.74) is 2.35. The molecule has 34 heavy (non-hydrogen) atoms. The molecule has 1 amide bonds. The van der Waals surface area contributed by atoms with Crippen LogP contribution in [0.2, 0.25) is 0 Å². The number of anilines is 1. The number of carbonyl (C=O) groups is 1. The van der Waals surface area contributed by atoms with Crippen LogP contribution in [0.1, 0.15) is 25.8 Å². The zero-order chi connectivity index (χ0) is 24.3. The largest absolute Gasteiger partial charge is 0.299 e. The smallest absolute Gasteiger partial charge is 0.244 e. The van der Waals surface area contributed by atoms with Gasteiger partial charge in [0.05, 0.1) is 5.52 Å². The summed E-state index contributed by atoms with van der Waals surface area (Å²) >= 11 is 1.23. The van der Waals surface area contributed by atoms with Crippen molar-refractivity contribution in [1.82, 2.24) is 19.9 Å². The van der Waals surface area contributed by atoms with Gasteiger partial charge in [0.1, 0.15) is 15.9 Å². The molecule has 10 heteroatoms. The number of benzene rings is 2. The van der Waals surface area contributed by atoms with E-state index in [1.165, 1.54) is 17.4 Å². The van der Waals surface area contributed by atoms with E-state index in [1.54, 1.807) is 30.5 Å². The Morgan fingerprint density at radius 2 is 1.85 bits per heavy atom. The van der Waals surface area contributed by atoms with Gasteiger partial charge in [0.25, 0.3) is 0 Å². The lowest BCUT2D eigenvalue weighted by atomic mass is 9.99. The number of fused-ring (bicyclic) bond motifs is 1. The maximum Gasteiger partial charge on any atom is 0.244 e. The minimum atomic E-state index is -4.03. The first-order valence-corrected chi connectivity index (χ1v) is 13.2. The first-order valence-electron chi connectivity index (χ1n) is 10.9. The van der Waals surface area contributed by atoms with Crippen molar-refractivity contribution < 1.29 is 13.2 Å². The van der Waals surface area contributed by atoms with E-state index in [1.807, 2.05) is 45.0 Å². The Balaban J connectivity index is 1.58. The molecule has 4 rings (SSSR count). The van der Waals surface area contributed by atoms with E-state index in [0.717, 1.165) is 11.1 Å². The maximum absolute atomic E-state index is 13.3. The molecule has 2 aromatic heterocycles. The molecule has 0 spiro atoms. The van der Waals surface area contributed by atoms with Crippen molar-refractivity contribution in [1.29, 1.82) is 0 Å². The molecule has 0 fully saturated rings. The van der Waals surface area contributed by atoms with Crippen LogP contribution in [0.15, 0.2) is 65.7 Å². The van der Waals surface area contributed by atoms with E-state index in [0.29, 0.717) is 27.5 Å². The third kappa shape index (κ3) is 5.14. The van der Waals surface area contributed by atoms with Gasteiger partial charge in [-0.05, 0) is 31.0 Å². The molecule has 2 heterocycles. The predicted octanol–water partition coefficient (Wildman–Crippen LogP) is 4.39. The van der Waals surface area contributed by atoms with Gasteiger partial charge in [0, 0.05) is 17.1 Å². The molecule has 176 valence electrons. The summed E-state index contributed by atoms with van der Waals surface area (Å²) in [5, 5.41) is 12.7. The SMILES string of the molecule is CCC(C)C(NS(=O)(=O)c1cccc2cccnc12)C(=O)Nc1nnc(-c2cccc(C)c2)s1. The Morgan fingerprint density at radius 1 is 1.09 bits per heavy atom. The third-order valence-corrected chi connectivity index (χ3v) is 7.94. The van der Waals surface area contributed by atoms with Crippen molar-refractivity contribution in [3.63, 3.8) is 0 Å². The molecule has 0 saturated heterocycles. The van der Waals surface area contributed by atoms with Crippen LogP contribution in [0.3, 0.4) is 0 Å². The first kappa shape index (κ1) is 23.9. The monoisotopic (exact) mass is 495 g/mol. The summed E-state index contributed by atoms with van der Waals surface area (Å²) in [6.45, 7) is 5.72. The molecule has 0 bridgehead atoms. The Hall–Kier alpha value is -3.21. The van der Waals surface area contributed by atoms with Crippen LogP contribution in [0.4, 0.5) is 5.13 Å². The Bertz CT molecular complexity index is 1430. The van der Waals surface area contributed by atoms with E-state index in [9.17, 15) is 13.2 Å². The van der Waals surface area contributed by atoms with Gasteiger partial charge in [-0.2, -0.15) is 4.72 Å². The lowest BCUT2D eigenvalue weighted by molar-refractivity contribution is -0.118. The van der Waals surface area contributed by atoms with Crippen molar-refractivity contribution in [2.24, 2.45) is 5.92 Å². The number of para-hydroxylation sites is 1. The number of pyridine rings is 1. The molecule has 0 saturated carbocycles. The molecule has 4 aromatic rings. The van der Waals surface area contributed by atoms with Crippen LogP contribution >= 0.6 is 11.3 Å². The van der Waals surface area contributed by atoms with Crippen molar-refractivity contribution in [3.05, 3.63) is 66.4 Å². The number of amides is 1. The summed E-state index contributed by atoms with van der Waals surface area (Å²) in [5.74, 6) is -0.750. The highest BCUT2D eigenvalue weighted by Crippen LogP contribution is 2.27. The second kappa shape index (κ2) is 9.96. The van der Waals surface area contributed by atoms with E-state index < -0.39 is 22.0 Å². The molecule has 0 aliphatic rings. The van der Waals surface area contributed by atoms with Gasteiger partial charge in [-0.1, -0.05) is 73.6 Å². The molecule has 2 N–H and O–H groups in total. The average Bonchev–Trinajstić information content (AvgIpc) is 3.30. The summed E-state index contributed by atoms with van der Waals surface area (Å²) in [6.07, 6.45) is 2.14. The number of aryl methyl sites for hydroxylation is 1. The lowest BCUT2D eigenvalue weighted by Crippen LogP contribution is -2.47. The highest BCUT2D eigenvalue weighted by atomic mass is 32.2. The molecule has 0 radical (unpaired) electrons. The van der Waals surface area contributed by atoms with Crippen LogP contribution in [0, 0.1) is 12.8 Å². The summed E-state index contributed by atoms with van der Waals surface area (Å²) < 4.78 is 29.2. The van der Waals surface area contributed by atoms with E-state index in [-0.39, 0.29) is 10.8 Å². The summed E-state index contributed by atoms with van der Waals surface area (Å²) in [4.78, 5) is 17.4. The normalized spacial score (nSPS) is 13.5. The number of rotatable bonds is 8. The quantitative estimate of drug-likeness (QED) is 0.375. The lowest BCUT2D eigenvalue weighted by Gasteiger charge is -2.23. The van der Waals surface area contributed by atoms with Crippen LogP contribution in [-0.2, 0) is 14.8 Å². The fourth-order valence-corrected chi connectivity index (χ4v) is 5.77. The van der Waals surface area contributed by atoms with Gasteiger partial charge in [-0.3, -0.25) is 15.1 Å². The van der Waals surface area contributed by atoms with Crippen molar-refractivity contribution in [2.75, 3.05) is 5.32 Å². The number of nitrogens with one attached hydrogen (secondary N) is 2. The number of carbonyl (C=O) groups excluding carboxylic acids is 1. The molecule has 2 aromatic carbocycles. The first-order chi connectivity index (χ1) is 16.3. The number of nitrogens with zero attached hydrogens (tertiary/aromatic N) is 3. The number of hydrogen-bond acceptors (Lipinski definition) is 7.